The lowest BCUT2D eigenvalue weighted by Gasteiger charge is -2.23. The number of nitro groups is 1. The molecule has 32 heavy (non-hydrogen) atoms. The molecule has 0 unspecified atom stereocenters. The van der Waals surface area contributed by atoms with Gasteiger partial charge >= 0.3 is 0 Å². The topological polar surface area (TPSA) is 117 Å². The molecule has 0 N–H and O–H groups in total. The molecule has 2 aromatic rings. The van der Waals surface area contributed by atoms with Crippen molar-refractivity contribution in [2.75, 3.05) is 44.2 Å². The maximum absolute atomic E-state index is 13.0. The van der Waals surface area contributed by atoms with Crippen LogP contribution in [0, 0.1) is 10.1 Å². The zero-order valence-electron chi connectivity index (χ0n) is 18.2. The van der Waals surface area contributed by atoms with E-state index in [4.69, 9.17) is 0 Å². The van der Waals surface area contributed by atoms with Crippen molar-refractivity contribution < 1.29 is 18.1 Å². The molecule has 1 aliphatic heterocycles. The van der Waals surface area contributed by atoms with E-state index >= 15 is 0 Å². The van der Waals surface area contributed by atoms with E-state index in [9.17, 15) is 23.3 Å². The highest BCUT2D eigenvalue weighted by atomic mass is 32.2. The number of benzene rings is 1. The summed E-state index contributed by atoms with van der Waals surface area (Å²) < 4.78 is 26.6. The van der Waals surface area contributed by atoms with Crippen LogP contribution in [0.15, 0.2) is 47.5 Å². The average molecular weight is 462 g/mol. The number of amides is 1. The smallest absolute Gasteiger partial charge is 0.287 e. The lowest BCUT2D eigenvalue weighted by molar-refractivity contribution is -0.385. The van der Waals surface area contributed by atoms with Crippen LogP contribution in [-0.2, 0) is 10.0 Å². The van der Waals surface area contributed by atoms with E-state index < -0.39 is 14.9 Å². The minimum Gasteiger partial charge on any atom is -0.355 e. The fourth-order valence-electron chi connectivity index (χ4n) is 3.69. The van der Waals surface area contributed by atoms with Gasteiger partial charge in [-0.15, -0.1) is 0 Å². The van der Waals surface area contributed by atoms with Crippen LogP contribution < -0.4 is 4.90 Å². The van der Waals surface area contributed by atoms with Crippen molar-refractivity contribution in [1.29, 1.82) is 0 Å². The Labute approximate surface area is 187 Å². The molecule has 1 aromatic heterocycles. The van der Waals surface area contributed by atoms with Crippen molar-refractivity contribution in [2.45, 2.75) is 25.2 Å². The number of hydrogen-bond acceptors (Lipinski definition) is 7. The van der Waals surface area contributed by atoms with Gasteiger partial charge < -0.3 is 9.80 Å². The lowest BCUT2D eigenvalue weighted by Crippen LogP contribution is -2.35. The van der Waals surface area contributed by atoms with E-state index in [1.807, 2.05) is 4.90 Å². The van der Waals surface area contributed by atoms with Crippen molar-refractivity contribution in [3.63, 3.8) is 0 Å². The number of sulfonamides is 1. The molecule has 1 saturated heterocycles. The fourth-order valence-corrected chi connectivity index (χ4v) is 5.15. The lowest BCUT2D eigenvalue weighted by atomic mass is 10.2. The predicted octanol–water partition coefficient (Wildman–Crippen LogP) is 2.37. The van der Waals surface area contributed by atoms with E-state index in [1.54, 1.807) is 36.9 Å². The number of carbonyl (C=O) groups excluding carboxylic acids is 1. The van der Waals surface area contributed by atoms with Crippen molar-refractivity contribution in [3.8, 4) is 0 Å². The van der Waals surface area contributed by atoms with Gasteiger partial charge in [0.2, 0.25) is 10.0 Å². The molecule has 1 fully saturated rings. The Kier molecular flexibility index (Phi) is 7.41. The summed E-state index contributed by atoms with van der Waals surface area (Å²) in [6.45, 7) is 6.59. The maximum Gasteiger partial charge on any atom is 0.287 e. The molecule has 0 bridgehead atoms. The molecular weight excluding hydrogens is 434 g/mol. The molecule has 11 heteroatoms. The zero-order chi connectivity index (χ0) is 23.3. The van der Waals surface area contributed by atoms with Gasteiger partial charge in [0, 0.05) is 50.9 Å². The molecule has 0 spiro atoms. The molecule has 0 aliphatic carbocycles. The van der Waals surface area contributed by atoms with E-state index in [1.165, 1.54) is 28.7 Å². The molecule has 0 saturated carbocycles. The Bertz CT molecular complexity index is 1050. The number of rotatable bonds is 7. The summed E-state index contributed by atoms with van der Waals surface area (Å²) in [7, 11) is -3.57. The number of pyridine rings is 1. The summed E-state index contributed by atoms with van der Waals surface area (Å²) in [5.41, 5.74) is 0.372. The standard InChI is InChI=1S/C21H27N5O5S/c1-3-25(4-2)32(30,31)19-9-6-17(7-10-19)21(27)24-13-5-12-23(14-15-24)20-11-8-18(16-22-20)26(28)29/h6-11,16H,3-5,12-15H2,1-2H3. The van der Waals surface area contributed by atoms with Crippen molar-refractivity contribution in [3.05, 3.63) is 58.3 Å². The van der Waals surface area contributed by atoms with Gasteiger partial charge in [-0.05, 0) is 36.8 Å². The number of nitrogens with zero attached hydrogens (tertiary/aromatic N) is 5. The van der Waals surface area contributed by atoms with Crippen molar-refractivity contribution >= 4 is 27.4 Å². The quantitative estimate of drug-likeness (QED) is 0.459. The summed E-state index contributed by atoms with van der Waals surface area (Å²) in [6.07, 6.45) is 1.95. The van der Waals surface area contributed by atoms with Crippen LogP contribution >= 0.6 is 0 Å². The van der Waals surface area contributed by atoms with E-state index in [2.05, 4.69) is 4.98 Å². The first-order valence-corrected chi connectivity index (χ1v) is 12.0. The SMILES string of the molecule is CCN(CC)S(=O)(=O)c1ccc(C(=O)N2CCCN(c3ccc([N+](=O)[O-])cn3)CC2)cc1. The first kappa shape index (κ1) is 23.6. The first-order valence-electron chi connectivity index (χ1n) is 10.5. The number of aromatic nitrogens is 1. The molecule has 0 radical (unpaired) electrons. The van der Waals surface area contributed by atoms with Crippen LogP contribution in [0.2, 0.25) is 0 Å². The summed E-state index contributed by atoms with van der Waals surface area (Å²) in [6, 6.07) is 9.10. The summed E-state index contributed by atoms with van der Waals surface area (Å²) in [4.78, 5) is 31.4. The van der Waals surface area contributed by atoms with Gasteiger partial charge in [0.25, 0.3) is 11.6 Å². The van der Waals surface area contributed by atoms with Crippen LogP contribution in [0.3, 0.4) is 0 Å². The molecule has 172 valence electrons. The molecule has 1 amide bonds. The third-order valence-electron chi connectivity index (χ3n) is 5.49. The Hall–Kier alpha value is -3.05. The zero-order valence-corrected chi connectivity index (χ0v) is 19.0. The van der Waals surface area contributed by atoms with Crippen LogP contribution in [0.5, 0.6) is 0 Å². The number of hydrogen-bond donors (Lipinski definition) is 0. The molecular formula is C21H27N5O5S. The van der Waals surface area contributed by atoms with Gasteiger partial charge in [0.1, 0.15) is 12.0 Å². The van der Waals surface area contributed by atoms with Crippen LogP contribution in [0.4, 0.5) is 11.5 Å². The molecule has 2 heterocycles. The highest BCUT2D eigenvalue weighted by Gasteiger charge is 2.24. The minimum atomic E-state index is -3.57. The summed E-state index contributed by atoms with van der Waals surface area (Å²) in [5.74, 6) is 0.478. The second-order valence-electron chi connectivity index (χ2n) is 7.38. The number of anilines is 1. The third-order valence-corrected chi connectivity index (χ3v) is 7.56. The molecule has 0 atom stereocenters. The molecule has 1 aliphatic rings. The molecule has 3 rings (SSSR count). The highest BCUT2D eigenvalue weighted by molar-refractivity contribution is 7.89. The second-order valence-corrected chi connectivity index (χ2v) is 9.32. The third kappa shape index (κ3) is 5.05. The van der Waals surface area contributed by atoms with Gasteiger partial charge in [0.05, 0.1) is 9.82 Å². The van der Waals surface area contributed by atoms with E-state index in [-0.39, 0.29) is 16.5 Å². The summed E-state index contributed by atoms with van der Waals surface area (Å²) >= 11 is 0. The number of carbonyl (C=O) groups is 1. The van der Waals surface area contributed by atoms with Crippen LogP contribution in [-0.4, -0.2) is 72.7 Å². The van der Waals surface area contributed by atoms with Crippen LogP contribution in [0.1, 0.15) is 30.6 Å². The first-order chi connectivity index (χ1) is 15.3. The normalized spacial score (nSPS) is 15.0. The van der Waals surface area contributed by atoms with Crippen molar-refractivity contribution in [2.24, 2.45) is 0 Å². The highest BCUT2D eigenvalue weighted by Crippen LogP contribution is 2.20. The van der Waals surface area contributed by atoms with Gasteiger partial charge in [-0.2, -0.15) is 4.31 Å². The Morgan fingerprint density at radius 2 is 1.75 bits per heavy atom. The van der Waals surface area contributed by atoms with Gasteiger partial charge in [0.15, 0.2) is 0 Å². The Balaban J connectivity index is 1.67. The Morgan fingerprint density at radius 1 is 1.06 bits per heavy atom. The summed E-state index contributed by atoms with van der Waals surface area (Å²) in [5, 5.41) is 10.8. The average Bonchev–Trinajstić information content (AvgIpc) is 3.06. The van der Waals surface area contributed by atoms with E-state index in [0.29, 0.717) is 50.6 Å². The maximum atomic E-state index is 13.0. The minimum absolute atomic E-state index is 0.0631. The molecule has 10 nitrogen and oxygen atoms in total. The Morgan fingerprint density at radius 3 is 2.31 bits per heavy atom. The largest absolute Gasteiger partial charge is 0.355 e. The van der Waals surface area contributed by atoms with E-state index in [0.717, 1.165) is 6.42 Å². The molecule has 1 aromatic carbocycles. The predicted molar refractivity (Wildman–Crippen MR) is 120 cm³/mol. The van der Waals surface area contributed by atoms with Gasteiger partial charge in [-0.3, -0.25) is 14.9 Å². The second kappa shape index (κ2) is 10.0. The fraction of sp³-hybridized carbons (Fsp3) is 0.429. The van der Waals surface area contributed by atoms with Crippen molar-refractivity contribution in [1.82, 2.24) is 14.2 Å². The monoisotopic (exact) mass is 461 g/mol. The van der Waals surface area contributed by atoms with Gasteiger partial charge in [-0.1, -0.05) is 13.8 Å². The van der Waals surface area contributed by atoms with Crippen LogP contribution in [0.25, 0.3) is 0 Å². The van der Waals surface area contributed by atoms with Gasteiger partial charge in [-0.25, -0.2) is 13.4 Å².